The first-order chi connectivity index (χ1) is 9.00. The number of carbonyl (C=O) groups excluding carboxylic acids is 2. The zero-order chi connectivity index (χ0) is 14.0. The average Bonchev–Trinajstić information content (AvgIpc) is 2.43. The van der Waals surface area contributed by atoms with E-state index in [1.54, 1.807) is 38.3 Å². The molecule has 1 fully saturated rings. The van der Waals surface area contributed by atoms with Crippen LogP contribution in [-0.2, 0) is 9.59 Å². The highest BCUT2D eigenvalue weighted by molar-refractivity contribution is 6.08. The van der Waals surface area contributed by atoms with E-state index >= 15 is 0 Å². The topological polar surface area (TPSA) is 58.6 Å². The van der Waals surface area contributed by atoms with Crippen molar-refractivity contribution in [1.29, 1.82) is 0 Å². The molecular weight excluding hydrogens is 244 g/mol. The fourth-order valence-electron chi connectivity index (χ4n) is 2.12. The van der Waals surface area contributed by atoms with Gasteiger partial charge >= 0.3 is 0 Å². The van der Waals surface area contributed by atoms with E-state index < -0.39 is 5.54 Å². The molecule has 1 N–H and O–H groups in total. The van der Waals surface area contributed by atoms with Gasteiger partial charge in [0.05, 0.1) is 7.11 Å². The number of nitrogens with one attached hydrogen (secondary N) is 1. The molecule has 1 aromatic carbocycles. The molecule has 5 heteroatoms. The molecule has 1 aliphatic rings. The number of hydrogen-bond acceptors (Lipinski definition) is 3. The third kappa shape index (κ3) is 2.41. The molecule has 0 aliphatic carbocycles. The lowest BCUT2D eigenvalue weighted by atomic mass is 9.94. The van der Waals surface area contributed by atoms with E-state index in [-0.39, 0.29) is 18.4 Å². The first-order valence-electron chi connectivity index (χ1n) is 6.27. The number of nitrogens with zero attached hydrogens (tertiary/aromatic N) is 1. The molecule has 0 saturated carbocycles. The lowest BCUT2D eigenvalue weighted by Gasteiger charge is -2.39. The van der Waals surface area contributed by atoms with Crippen LogP contribution in [0.3, 0.4) is 0 Å². The first kappa shape index (κ1) is 13.4. The predicted molar refractivity (Wildman–Crippen MR) is 72.2 cm³/mol. The number of piperazine rings is 1. The fourth-order valence-corrected chi connectivity index (χ4v) is 2.12. The molecule has 1 saturated heterocycles. The second-order valence-corrected chi connectivity index (χ2v) is 4.82. The van der Waals surface area contributed by atoms with Crippen LogP contribution in [0.15, 0.2) is 24.3 Å². The number of amides is 2. The molecule has 19 heavy (non-hydrogen) atoms. The summed E-state index contributed by atoms with van der Waals surface area (Å²) in [7, 11) is 1.59. The third-order valence-electron chi connectivity index (χ3n) is 3.53. The quantitative estimate of drug-likeness (QED) is 0.894. The molecule has 0 bridgehead atoms. The molecule has 1 heterocycles. The van der Waals surface area contributed by atoms with Crippen molar-refractivity contribution in [1.82, 2.24) is 5.32 Å². The highest BCUT2D eigenvalue weighted by Gasteiger charge is 2.41. The zero-order valence-corrected chi connectivity index (χ0v) is 11.4. The van der Waals surface area contributed by atoms with Crippen LogP contribution in [-0.4, -0.2) is 31.0 Å². The van der Waals surface area contributed by atoms with Crippen LogP contribution in [0.25, 0.3) is 0 Å². The van der Waals surface area contributed by atoms with E-state index in [0.29, 0.717) is 12.1 Å². The Kier molecular flexibility index (Phi) is 3.46. The molecule has 0 aromatic heterocycles. The Morgan fingerprint density at radius 2 is 1.95 bits per heavy atom. The van der Waals surface area contributed by atoms with Crippen molar-refractivity contribution < 1.29 is 14.3 Å². The van der Waals surface area contributed by atoms with Crippen LogP contribution < -0.4 is 15.0 Å². The van der Waals surface area contributed by atoms with Gasteiger partial charge in [0.15, 0.2) is 0 Å². The van der Waals surface area contributed by atoms with Gasteiger partial charge in [-0.15, -0.1) is 0 Å². The maximum atomic E-state index is 12.5. The van der Waals surface area contributed by atoms with Crippen LogP contribution in [0, 0.1) is 0 Å². The summed E-state index contributed by atoms with van der Waals surface area (Å²) in [6.07, 6.45) is 0.560. The lowest BCUT2D eigenvalue weighted by molar-refractivity contribution is -0.135. The maximum Gasteiger partial charge on any atom is 0.252 e. The van der Waals surface area contributed by atoms with E-state index in [1.807, 2.05) is 6.92 Å². The second-order valence-electron chi connectivity index (χ2n) is 4.82. The molecule has 102 valence electrons. The van der Waals surface area contributed by atoms with Gasteiger partial charge in [0, 0.05) is 5.69 Å². The Bertz CT molecular complexity index is 498. The smallest absolute Gasteiger partial charge is 0.252 e. The van der Waals surface area contributed by atoms with Gasteiger partial charge in [-0.1, -0.05) is 6.92 Å². The van der Waals surface area contributed by atoms with Crippen molar-refractivity contribution in [2.75, 3.05) is 18.6 Å². The third-order valence-corrected chi connectivity index (χ3v) is 3.53. The number of rotatable bonds is 3. The first-order valence-corrected chi connectivity index (χ1v) is 6.27. The highest BCUT2D eigenvalue weighted by Crippen LogP contribution is 2.25. The van der Waals surface area contributed by atoms with Gasteiger partial charge in [-0.2, -0.15) is 0 Å². The van der Waals surface area contributed by atoms with Gasteiger partial charge < -0.3 is 15.0 Å². The van der Waals surface area contributed by atoms with Crippen molar-refractivity contribution in [3.63, 3.8) is 0 Å². The zero-order valence-electron chi connectivity index (χ0n) is 11.4. The molecule has 1 aliphatic heterocycles. The van der Waals surface area contributed by atoms with Gasteiger partial charge in [0.25, 0.3) is 5.91 Å². The minimum atomic E-state index is -0.824. The van der Waals surface area contributed by atoms with Crippen LogP contribution in [0.1, 0.15) is 20.3 Å². The normalized spacial score (nSPS) is 23.2. The van der Waals surface area contributed by atoms with E-state index in [4.69, 9.17) is 4.74 Å². The maximum absolute atomic E-state index is 12.5. The number of carbonyl (C=O) groups is 2. The Labute approximate surface area is 112 Å². The fraction of sp³-hybridized carbons (Fsp3) is 0.429. The minimum absolute atomic E-state index is 0.0563. The Morgan fingerprint density at radius 1 is 1.32 bits per heavy atom. The molecule has 0 radical (unpaired) electrons. The molecule has 1 unspecified atom stereocenters. The average molecular weight is 262 g/mol. The molecule has 1 aromatic rings. The van der Waals surface area contributed by atoms with Crippen molar-refractivity contribution in [2.24, 2.45) is 0 Å². The predicted octanol–water partition coefficient (Wildman–Crippen LogP) is 1.33. The number of hydrogen-bond donors (Lipinski definition) is 1. The summed E-state index contributed by atoms with van der Waals surface area (Å²) in [6, 6.07) is 7.12. The van der Waals surface area contributed by atoms with Crippen LogP contribution >= 0.6 is 0 Å². The lowest BCUT2D eigenvalue weighted by Crippen LogP contribution is -2.65. The van der Waals surface area contributed by atoms with Crippen LogP contribution in [0.5, 0.6) is 5.75 Å². The van der Waals surface area contributed by atoms with Crippen molar-refractivity contribution in [3.05, 3.63) is 24.3 Å². The SMILES string of the molecule is CCC1(C)NC(=O)CN(c2ccc(OC)cc2)C1=O. The summed E-state index contributed by atoms with van der Waals surface area (Å²) in [5, 5.41) is 2.76. The van der Waals surface area contributed by atoms with Crippen molar-refractivity contribution in [2.45, 2.75) is 25.8 Å². The Hall–Kier alpha value is -2.04. The minimum Gasteiger partial charge on any atom is -0.497 e. The summed E-state index contributed by atoms with van der Waals surface area (Å²) >= 11 is 0. The van der Waals surface area contributed by atoms with E-state index in [9.17, 15) is 9.59 Å². The van der Waals surface area contributed by atoms with Crippen molar-refractivity contribution >= 4 is 17.5 Å². The van der Waals surface area contributed by atoms with E-state index in [2.05, 4.69) is 5.32 Å². The summed E-state index contributed by atoms with van der Waals surface area (Å²) in [6.45, 7) is 3.69. The number of methoxy groups -OCH3 is 1. The van der Waals surface area contributed by atoms with Gasteiger partial charge in [-0.05, 0) is 37.6 Å². The van der Waals surface area contributed by atoms with Gasteiger partial charge in [0.2, 0.25) is 5.91 Å². The summed E-state index contributed by atoms with van der Waals surface area (Å²) in [5.74, 6) is 0.496. The van der Waals surface area contributed by atoms with E-state index in [1.165, 1.54) is 4.90 Å². The molecule has 1 atom stereocenters. The molecule has 2 amide bonds. The second kappa shape index (κ2) is 4.91. The highest BCUT2D eigenvalue weighted by atomic mass is 16.5. The molecule has 2 rings (SSSR count). The molecule has 5 nitrogen and oxygen atoms in total. The largest absolute Gasteiger partial charge is 0.497 e. The van der Waals surface area contributed by atoms with Crippen LogP contribution in [0.2, 0.25) is 0 Å². The monoisotopic (exact) mass is 262 g/mol. The van der Waals surface area contributed by atoms with Gasteiger partial charge in [0.1, 0.15) is 17.8 Å². The van der Waals surface area contributed by atoms with Crippen molar-refractivity contribution in [3.8, 4) is 5.75 Å². The van der Waals surface area contributed by atoms with Gasteiger partial charge in [-0.3, -0.25) is 9.59 Å². The number of benzene rings is 1. The summed E-state index contributed by atoms with van der Waals surface area (Å²) in [4.78, 5) is 25.7. The van der Waals surface area contributed by atoms with Gasteiger partial charge in [-0.25, -0.2) is 0 Å². The van der Waals surface area contributed by atoms with Crippen LogP contribution in [0.4, 0.5) is 5.69 Å². The van der Waals surface area contributed by atoms with E-state index in [0.717, 1.165) is 5.75 Å². The Balaban J connectivity index is 2.31. The Morgan fingerprint density at radius 3 is 2.47 bits per heavy atom. The molecule has 0 spiro atoms. The summed E-state index contributed by atoms with van der Waals surface area (Å²) in [5.41, 5.74) is -0.116. The molecular formula is C14H18N2O3. The standard InChI is InChI=1S/C14H18N2O3/c1-4-14(2)13(18)16(9-12(17)15-14)10-5-7-11(19-3)8-6-10/h5-8H,4,9H2,1-3H3,(H,15,17). The number of ether oxygens (including phenoxy) is 1. The number of anilines is 1. The summed E-state index contributed by atoms with van der Waals surface area (Å²) < 4.78 is 5.08.